The molecule has 2 rings (SSSR count). The van der Waals surface area contributed by atoms with Crippen LogP contribution in [0.2, 0.25) is 0 Å². The molecule has 0 aromatic heterocycles. The molecule has 2 saturated heterocycles. The molecule has 0 aromatic rings. The van der Waals surface area contributed by atoms with Crippen LogP contribution in [0.25, 0.3) is 0 Å². The Morgan fingerprint density at radius 1 is 0.960 bits per heavy atom. The van der Waals surface area contributed by atoms with Crippen LogP contribution >= 0.6 is 0 Å². The topological polar surface area (TPSA) is 175 Å². The molecule has 11 nitrogen and oxygen atoms in total. The molecule has 6 N–H and O–H groups in total. The van der Waals surface area contributed by atoms with E-state index in [0.29, 0.717) is 0 Å². The normalized spacial score (nSPS) is 48.2. The van der Waals surface area contributed by atoms with E-state index in [2.05, 4.69) is 0 Å². The number of carbonyl (C=O) groups is 1. The van der Waals surface area contributed by atoms with Crippen LogP contribution in [0.4, 0.5) is 0 Å². The Morgan fingerprint density at radius 2 is 1.60 bits per heavy atom. The fourth-order valence-corrected chi connectivity index (χ4v) is 2.81. The van der Waals surface area contributed by atoms with E-state index in [1.165, 1.54) is 6.92 Å². The molecule has 2 aliphatic rings. The molecule has 0 saturated carbocycles. The number of esters is 1. The minimum Gasteiger partial charge on any atom is -0.457 e. The molecule has 0 spiro atoms. The van der Waals surface area contributed by atoms with Gasteiger partial charge in [0.2, 0.25) is 0 Å². The maximum atomic E-state index is 11.3. The summed E-state index contributed by atoms with van der Waals surface area (Å²) >= 11 is 0. The van der Waals surface area contributed by atoms with Crippen LogP contribution in [0.3, 0.4) is 0 Å². The number of carbonyl (C=O) groups excluding carboxylic acids is 1. The minimum absolute atomic E-state index is 0.646. The Hall–Kier alpha value is -0.890. The number of hydrogen-bond acceptors (Lipinski definition) is 11. The van der Waals surface area contributed by atoms with Gasteiger partial charge < -0.3 is 49.6 Å². The molecule has 11 heteroatoms. The molecule has 25 heavy (non-hydrogen) atoms. The molecule has 2 aliphatic heterocycles. The summed E-state index contributed by atoms with van der Waals surface area (Å²) in [7, 11) is 0. The summed E-state index contributed by atoms with van der Waals surface area (Å²) in [5.41, 5.74) is 0. The maximum absolute atomic E-state index is 11.3. The predicted molar refractivity (Wildman–Crippen MR) is 76.8 cm³/mol. The van der Waals surface area contributed by atoms with Crippen molar-refractivity contribution in [3.63, 3.8) is 0 Å². The summed E-state index contributed by atoms with van der Waals surface area (Å²) in [5.74, 6) is -0.780. The van der Waals surface area contributed by atoms with Crippen molar-refractivity contribution in [3.8, 4) is 0 Å². The summed E-state index contributed by atoms with van der Waals surface area (Å²) in [6.07, 6.45) is -14.3. The van der Waals surface area contributed by atoms with Crippen molar-refractivity contribution in [1.82, 2.24) is 0 Å². The highest BCUT2D eigenvalue weighted by atomic mass is 16.7. The number of aliphatic hydroxyl groups excluding tert-OH is 6. The molecule has 2 fully saturated rings. The second kappa shape index (κ2) is 8.20. The van der Waals surface area contributed by atoms with Crippen LogP contribution in [0, 0.1) is 0 Å². The zero-order valence-electron chi connectivity index (χ0n) is 13.7. The van der Waals surface area contributed by atoms with Gasteiger partial charge in [-0.25, -0.2) is 0 Å². The van der Waals surface area contributed by atoms with Gasteiger partial charge in [-0.1, -0.05) is 0 Å². The molecule has 146 valence electrons. The van der Waals surface area contributed by atoms with Crippen molar-refractivity contribution in [2.75, 3.05) is 6.61 Å². The SMILES string of the molecule is CC(=O)O[C@H]1[C@H](O)[C@@H](CO)O[C@@H](O)[C@@H]1O[C@@H]1O[C@@H](C)[C@H](O)[C@@H](O)[C@H]1O. The fourth-order valence-electron chi connectivity index (χ4n) is 2.81. The van der Waals surface area contributed by atoms with Crippen molar-refractivity contribution in [2.24, 2.45) is 0 Å². The van der Waals surface area contributed by atoms with Crippen molar-refractivity contribution >= 4 is 5.97 Å². The zero-order chi connectivity index (χ0) is 18.9. The monoisotopic (exact) mass is 368 g/mol. The highest BCUT2D eigenvalue weighted by molar-refractivity contribution is 5.66. The van der Waals surface area contributed by atoms with Gasteiger partial charge in [-0.2, -0.15) is 0 Å². The second-order valence-electron chi connectivity index (χ2n) is 6.09. The van der Waals surface area contributed by atoms with E-state index < -0.39 is 74.0 Å². The molecular weight excluding hydrogens is 344 g/mol. The van der Waals surface area contributed by atoms with Gasteiger partial charge in [0.1, 0.15) is 30.5 Å². The van der Waals surface area contributed by atoms with E-state index in [1.807, 2.05) is 0 Å². The number of ether oxygens (including phenoxy) is 4. The van der Waals surface area contributed by atoms with Gasteiger partial charge in [-0.3, -0.25) is 4.79 Å². The molecule has 0 unspecified atom stereocenters. The summed E-state index contributed by atoms with van der Waals surface area (Å²) in [6, 6.07) is 0. The second-order valence-corrected chi connectivity index (χ2v) is 6.09. The molecule has 0 aromatic carbocycles. The van der Waals surface area contributed by atoms with Gasteiger partial charge in [0, 0.05) is 6.92 Å². The zero-order valence-corrected chi connectivity index (χ0v) is 13.7. The Bertz CT molecular complexity index is 460. The van der Waals surface area contributed by atoms with Gasteiger partial charge in [0.15, 0.2) is 24.8 Å². The van der Waals surface area contributed by atoms with Crippen LogP contribution in [0.1, 0.15) is 13.8 Å². The van der Waals surface area contributed by atoms with E-state index in [-0.39, 0.29) is 0 Å². The first-order chi connectivity index (χ1) is 11.7. The van der Waals surface area contributed by atoms with E-state index in [1.54, 1.807) is 0 Å². The summed E-state index contributed by atoms with van der Waals surface area (Å²) < 4.78 is 20.6. The van der Waals surface area contributed by atoms with Crippen molar-refractivity contribution in [2.45, 2.75) is 75.3 Å². The lowest BCUT2D eigenvalue weighted by atomic mass is 9.97. The first-order valence-corrected chi connectivity index (χ1v) is 7.82. The Kier molecular flexibility index (Phi) is 6.70. The van der Waals surface area contributed by atoms with Crippen LogP contribution in [0.5, 0.6) is 0 Å². The number of rotatable bonds is 4. The van der Waals surface area contributed by atoms with Gasteiger partial charge in [-0.05, 0) is 6.92 Å². The van der Waals surface area contributed by atoms with Crippen molar-refractivity contribution < 1.29 is 54.4 Å². The predicted octanol–water partition coefficient (Wildman–Crippen LogP) is -3.80. The van der Waals surface area contributed by atoms with Crippen LogP contribution < -0.4 is 0 Å². The lowest BCUT2D eigenvalue weighted by Gasteiger charge is -2.45. The fraction of sp³-hybridized carbons (Fsp3) is 0.929. The molecule has 0 aliphatic carbocycles. The molecule has 2 heterocycles. The average Bonchev–Trinajstić information content (AvgIpc) is 2.56. The van der Waals surface area contributed by atoms with Crippen LogP contribution in [-0.4, -0.2) is 105 Å². The Labute approximate surface area is 143 Å². The van der Waals surface area contributed by atoms with E-state index in [0.717, 1.165) is 6.92 Å². The summed E-state index contributed by atoms with van der Waals surface area (Å²) in [6.45, 7) is 1.87. The minimum atomic E-state index is -1.72. The first kappa shape index (κ1) is 20.4. The number of aliphatic hydroxyl groups is 6. The Morgan fingerprint density at radius 3 is 2.16 bits per heavy atom. The largest absolute Gasteiger partial charge is 0.457 e. The third-order valence-electron chi connectivity index (χ3n) is 4.22. The summed E-state index contributed by atoms with van der Waals surface area (Å²) in [4.78, 5) is 11.3. The molecule has 0 radical (unpaired) electrons. The standard InChI is InChI=1S/C14H24O11/c1-4-7(17)9(19)10(20)14(22-4)25-12-11(23-5(2)16)8(18)6(3-15)24-13(12)21/h4,6-15,17-21H,3H2,1-2H3/t4-,6+,7-,8+,9+,10+,11-,12+,13+,14-/m0/s1. The summed E-state index contributed by atoms with van der Waals surface area (Å²) in [5, 5.41) is 58.9. The highest BCUT2D eigenvalue weighted by Gasteiger charge is 2.51. The smallest absolute Gasteiger partial charge is 0.303 e. The molecule has 10 atom stereocenters. The average molecular weight is 368 g/mol. The number of hydrogen-bond donors (Lipinski definition) is 6. The first-order valence-electron chi connectivity index (χ1n) is 7.82. The third-order valence-corrected chi connectivity index (χ3v) is 4.22. The van der Waals surface area contributed by atoms with E-state index in [4.69, 9.17) is 18.9 Å². The Balaban J connectivity index is 2.17. The van der Waals surface area contributed by atoms with Crippen molar-refractivity contribution in [1.29, 1.82) is 0 Å². The van der Waals surface area contributed by atoms with Gasteiger partial charge in [0.05, 0.1) is 12.7 Å². The highest BCUT2D eigenvalue weighted by Crippen LogP contribution is 2.29. The quantitative estimate of drug-likeness (QED) is 0.268. The lowest BCUT2D eigenvalue weighted by Crippen LogP contribution is -2.64. The van der Waals surface area contributed by atoms with Crippen molar-refractivity contribution in [3.05, 3.63) is 0 Å². The van der Waals surface area contributed by atoms with Gasteiger partial charge >= 0.3 is 5.97 Å². The van der Waals surface area contributed by atoms with Gasteiger partial charge in [-0.15, -0.1) is 0 Å². The molecule has 0 bridgehead atoms. The van der Waals surface area contributed by atoms with E-state index in [9.17, 15) is 35.4 Å². The van der Waals surface area contributed by atoms with Gasteiger partial charge in [0.25, 0.3) is 0 Å². The van der Waals surface area contributed by atoms with E-state index >= 15 is 0 Å². The molecular formula is C14H24O11. The molecule has 0 amide bonds. The lowest BCUT2D eigenvalue weighted by molar-refractivity contribution is -0.359. The van der Waals surface area contributed by atoms with Crippen LogP contribution in [0.15, 0.2) is 0 Å². The maximum Gasteiger partial charge on any atom is 0.303 e. The van der Waals surface area contributed by atoms with Crippen LogP contribution in [-0.2, 0) is 23.7 Å². The third kappa shape index (κ3) is 4.27.